The van der Waals surface area contributed by atoms with E-state index in [1.807, 2.05) is 0 Å². The van der Waals surface area contributed by atoms with Gasteiger partial charge >= 0.3 is 35.9 Å². The fourth-order valence-electron chi connectivity index (χ4n) is 4.04. The van der Waals surface area contributed by atoms with Crippen LogP contribution in [-0.2, 0) is 47.7 Å². The van der Waals surface area contributed by atoms with Gasteiger partial charge in [-0.05, 0) is 24.3 Å². The number of aliphatic hydroxyl groups is 1. The topological polar surface area (TPSA) is 193 Å². The summed E-state index contributed by atoms with van der Waals surface area (Å²) in [5, 5.41) is 13.7. The molecule has 0 aromatic heterocycles. The van der Waals surface area contributed by atoms with Gasteiger partial charge in [0, 0.05) is 40.3 Å². The minimum Gasteiger partial charge on any atom is -0.497 e. The van der Waals surface area contributed by atoms with E-state index in [-0.39, 0.29) is 5.69 Å². The summed E-state index contributed by atoms with van der Waals surface area (Å²) in [5.74, 6) is -3.96. The Labute approximate surface area is 229 Å². The maximum atomic E-state index is 13.0. The molecule has 1 aliphatic rings. The molecule has 40 heavy (non-hydrogen) atoms. The summed E-state index contributed by atoms with van der Waals surface area (Å²) in [6.45, 7) is 4.49. The summed E-state index contributed by atoms with van der Waals surface area (Å²) >= 11 is 0. The Balaban J connectivity index is 2.60. The van der Waals surface area contributed by atoms with Crippen molar-refractivity contribution in [2.24, 2.45) is 0 Å². The van der Waals surface area contributed by atoms with Gasteiger partial charge in [-0.1, -0.05) is 0 Å². The number of aliphatic hydroxyl groups excluding tert-OH is 1. The van der Waals surface area contributed by atoms with Crippen molar-refractivity contribution in [1.29, 1.82) is 0 Å². The fourth-order valence-corrected chi connectivity index (χ4v) is 4.04. The molecule has 1 aromatic rings. The van der Waals surface area contributed by atoms with Crippen molar-refractivity contribution in [2.75, 3.05) is 18.6 Å². The van der Waals surface area contributed by atoms with Crippen LogP contribution in [0.25, 0.3) is 0 Å². The molecule has 15 heteroatoms. The average Bonchev–Trinajstić information content (AvgIpc) is 3.15. The van der Waals surface area contributed by atoms with Crippen LogP contribution in [0.5, 0.6) is 5.75 Å². The highest BCUT2D eigenvalue weighted by molar-refractivity contribution is 5.95. The van der Waals surface area contributed by atoms with Crippen LogP contribution >= 0.6 is 0 Å². The SMILES string of the molecule is COc1ccc(N2C(=O)N[C@@H]([C@H](OC(C)=O)[C@@H](OC(C)=O)[C@@H](OC(C)=O)[C@H](COC(C)=O)OC(C)=O)[C@@H]2O)cc1. The normalized spacial score (nSPS) is 19.3. The molecule has 2 rings (SSSR count). The predicted octanol–water partition coefficient (Wildman–Crippen LogP) is 0.202. The lowest BCUT2D eigenvalue weighted by Gasteiger charge is -2.38. The molecular weight excluding hydrogens is 536 g/mol. The zero-order valence-corrected chi connectivity index (χ0v) is 22.8. The summed E-state index contributed by atoms with van der Waals surface area (Å²) in [4.78, 5) is 73.7. The first-order chi connectivity index (χ1) is 18.7. The maximum absolute atomic E-state index is 13.0. The molecule has 6 atom stereocenters. The van der Waals surface area contributed by atoms with E-state index < -0.39 is 79.2 Å². The highest BCUT2D eigenvalue weighted by Gasteiger charge is 2.53. The molecule has 1 fully saturated rings. The summed E-state index contributed by atoms with van der Waals surface area (Å²) in [5.41, 5.74) is 0.239. The second-order valence-corrected chi connectivity index (χ2v) is 8.63. The lowest BCUT2D eigenvalue weighted by molar-refractivity contribution is -0.205. The van der Waals surface area contributed by atoms with E-state index in [4.69, 9.17) is 28.4 Å². The Hall–Kier alpha value is -4.40. The standard InChI is InChI=1S/C25H32N2O13/c1-12(28)36-11-19(37-13(2)29)21(38-14(3)30)23(40-16(5)32)22(39-15(4)31)20-24(33)27(25(34)26-20)17-7-9-18(35-6)10-8-17/h7-10,19-24,33H,11H2,1-6H3,(H,26,34)/t19-,20-,21-,22-,23-,24-/m0/s1. The van der Waals surface area contributed by atoms with Crippen molar-refractivity contribution in [3.8, 4) is 5.75 Å². The highest BCUT2D eigenvalue weighted by atomic mass is 16.6. The molecule has 15 nitrogen and oxygen atoms in total. The van der Waals surface area contributed by atoms with Gasteiger partial charge in [-0.25, -0.2) is 4.79 Å². The van der Waals surface area contributed by atoms with E-state index >= 15 is 0 Å². The number of carbonyl (C=O) groups is 6. The Bertz CT molecular complexity index is 1110. The predicted molar refractivity (Wildman–Crippen MR) is 133 cm³/mol. The number of carbonyl (C=O) groups excluding carboxylic acids is 6. The van der Waals surface area contributed by atoms with Crippen molar-refractivity contribution in [2.45, 2.75) is 71.3 Å². The molecule has 1 aliphatic heterocycles. The third-order valence-electron chi connectivity index (χ3n) is 5.49. The first-order valence-corrected chi connectivity index (χ1v) is 12.0. The largest absolute Gasteiger partial charge is 0.497 e. The number of nitrogens with one attached hydrogen (secondary N) is 1. The Morgan fingerprint density at radius 1 is 0.825 bits per heavy atom. The third-order valence-corrected chi connectivity index (χ3v) is 5.49. The molecular formula is C25H32N2O13. The number of ether oxygens (including phenoxy) is 6. The van der Waals surface area contributed by atoms with Crippen LogP contribution in [-0.4, -0.2) is 91.4 Å². The smallest absolute Gasteiger partial charge is 0.324 e. The zero-order valence-electron chi connectivity index (χ0n) is 22.8. The van der Waals surface area contributed by atoms with Crippen molar-refractivity contribution in [1.82, 2.24) is 5.32 Å². The van der Waals surface area contributed by atoms with Crippen LogP contribution in [0, 0.1) is 0 Å². The van der Waals surface area contributed by atoms with Crippen molar-refractivity contribution >= 4 is 41.6 Å². The van der Waals surface area contributed by atoms with Crippen LogP contribution in [0.15, 0.2) is 24.3 Å². The van der Waals surface area contributed by atoms with Gasteiger partial charge in [0.1, 0.15) is 18.4 Å². The molecule has 2 amide bonds. The molecule has 1 aromatic carbocycles. The second-order valence-electron chi connectivity index (χ2n) is 8.63. The average molecular weight is 569 g/mol. The molecule has 220 valence electrons. The number of hydrogen-bond donors (Lipinski definition) is 2. The number of nitrogens with zero attached hydrogens (tertiary/aromatic N) is 1. The minimum absolute atomic E-state index is 0.239. The quantitative estimate of drug-likeness (QED) is 0.257. The lowest BCUT2D eigenvalue weighted by Crippen LogP contribution is -2.60. The number of anilines is 1. The number of urea groups is 1. The second kappa shape index (κ2) is 14.1. The van der Waals surface area contributed by atoms with Crippen LogP contribution in [0.3, 0.4) is 0 Å². The lowest BCUT2D eigenvalue weighted by atomic mass is 9.96. The summed E-state index contributed by atoms with van der Waals surface area (Å²) in [6.07, 6.45) is -8.47. The summed E-state index contributed by atoms with van der Waals surface area (Å²) < 4.78 is 31.4. The number of methoxy groups -OCH3 is 1. The third kappa shape index (κ3) is 8.56. The monoisotopic (exact) mass is 568 g/mol. The molecule has 0 unspecified atom stereocenters. The number of esters is 5. The Morgan fingerprint density at radius 2 is 1.35 bits per heavy atom. The van der Waals surface area contributed by atoms with E-state index in [9.17, 15) is 33.9 Å². The van der Waals surface area contributed by atoms with Gasteiger partial charge in [0.05, 0.1) is 7.11 Å². The first kappa shape index (κ1) is 31.8. The van der Waals surface area contributed by atoms with Crippen LogP contribution in [0.4, 0.5) is 10.5 Å². The molecule has 0 spiro atoms. The van der Waals surface area contributed by atoms with Crippen molar-refractivity contribution < 1.29 is 62.3 Å². The molecule has 0 saturated carbocycles. The van der Waals surface area contributed by atoms with Gasteiger partial charge in [0.15, 0.2) is 30.6 Å². The molecule has 0 bridgehead atoms. The van der Waals surface area contributed by atoms with Gasteiger partial charge in [-0.3, -0.25) is 28.9 Å². The summed E-state index contributed by atoms with van der Waals surface area (Å²) in [6, 6.07) is 3.80. The van der Waals surface area contributed by atoms with Crippen LogP contribution < -0.4 is 15.0 Å². The van der Waals surface area contributed by atoms with E-state index in [1.54, 1.807) is 12.1 Å². The van der Waals surface area contributed by atoms with E-state index in [1.165, 1.54) is 19.2 Å². The van der Waals surface area contributed by atoms with Gasteiger partial charge < -0.3 is 38.8 Å². The van der Waals surface area contributed by atoms with Gasteiger partial charge in [0.25, 0.3) is 0 Å². The number of rotatable bonds is 12. The highest BCUT2D eigenvalue weighted by Crippen LogP contribution is 2.30. The summed E-state index contributed by atoms with van der Waals surface area (Å²) in [7, 11) is 1.45. The molecule has 0 radical (unpaired) electrons. The molecule has 1 heterocycles. The fraction of sp³-hybridized carbons (Fsp3) is 0.520. The van der Waals surface area contributed by atoms with E-state index in [0.29, 0.717) is 5.75 Å². The van der Waals surface area contributed by atoms with Gasteiger partial charge in [0.2, 0.25) is 0 Å². The van der Waals surface area contributed by atoms with E-state index in [2.05, 4.69) is 5.32 Å². The number of benzene rings is 1. The number of hydrogen-bond acceptors (Lipinski definition) is 13. The Morgan fingerprint density at radius 3 is 1.82 bits per heavy atom. The van der Waals surface area contributed by atoms with Crippen molar-refractivity contribution in [3.63, 3.8) is 0 Å². The number of amides is 2. The molecule has 2 N–H and O–H groups in total. The van der Waals surface area contributed by atoms with Crippen molar-refractivity contribution in [3.05, 3.63) is 24.3 Å². The van der Waals surface area contributed by atoms with Gasteiger partial charge in [-0.2, -0.15) is 0 Å². The zero-order chi connectivity index (χ0) is 30.1. The Kier molecular flexibility index (Phi) is 11.2. The molecule has 0 aliphatic carbocycles. The van der Waals surface area contributed by atoms with Gasteiger partial charge in [-0.15, -0.1) is 0 Å². The first-order valence-electron chi connectivity index (χ1n) is 12.0. The minimum atomic E-state index is -1.78. The van der Waals surface area contributed by atoms with Crippen LogP contribution in [0.2, 0.25) is 0 Å². The molecule has 1 saturated heterocycles. The van der Waals surface area contributed by atoms with Crippen LogP contribution in [0.1, 0.15) is 34.6 Å². The maximum Gasteiger partial charge on any atom is 0.324 e. The van der Waals surface area contributed by atoms with E-state index in [0.717, 1.165) is 39.5 Å².